The van der Waals surface area contributed by atoms with Gasteiger partial charge in [0.1, 0.15) is 12.6 Å². The molecule has 366 valence electrons. The number of unbranched alkanes of at least 4 members (excludes halogenated alkanes) is 24. The van der Waals surface area contributed by atoms with E-state index in [0.29, 0.717) is 32.1 Å². The number of hydrogen-bond donors (Lipinski definition) is 4. The van der Waals surface area contributed by atoms with Gasteiger partial charge in [-0.25, -0.2) is 4.57 Å². The van der Waals surface area contributed by atoms with Crippen molar-refractivity contribution in [1.82, 2.24) is 0 Å². The van der Waals surface area contributed by atoms with Gasteiger partial charge in [0.05, 0.1) is 19.3 Å². The van der Waals surface area contributed by atoms with Crippen LogP contribution in [0, 0.1) is 0 Å². The van der Waals surface area contributed by atoms with Crippen LogP contribution in [-0.2, 0) is 37.5 Å². The molecule has 13 heteroatoms. The number of esters is 2. The summed E-state index contributed by atoms with van der Waals surface area (Å²) in [5.41, 5.74) is 5.34. The van der Waals surface area contributed by atoms with Crippen LogP contribution in [0.2, 0.25) is 0 Å². The predicted molar refractivity (Wildman–Crippen MR) is 255 cm³/mol. The van der Waals surface area contributed by atoms with Crippen LogP contribution in [0.3, 0.4) is 0 Å². The van der Waals surface area contributed by atoms with E-state index in [9.17, 15) is 28.9 Å². The number of allylic oxidation sites excluding steroid dienone is 6. The monoisotopic (exact) mass is 912 g/mol. The lowest BCUT2D eigenvalue weighted by atomic mass is 10.0. The first-order valence-corrected chi connectivity index (χ1v) is 26.3. The zero-order valence-electron chi connectivity index (χ0n) is 39.5. The molecule has 0 aliphatic heterocycles. The van der Waals surface area contributed by atoms with Gasteiger partial charge in [0.2, 0.25) is 0 Å². The molecular formula is C50H90NO11P. The molecule has 0 heterocycles. The standard InChI is InChI=1S/C50H90NO11P/c1-3-5-7-9-11-12-13-14-15-16-17-18-19-20-21-22-23-24-28-33-37-41-49(54)62-46(43-60-63(57,58)61-44-47(51)50(55)56)42-59-48(53)40-36-32-29-25-27-31-35-39-45(52)38-34-30-26-10-8-6-4-2/h25-26,29-31,34-35,38,45-47,52H,3-24,27-28,32-33,36-37,39-44,51H2,1-2H3,(H,55,56)(H,57,58)/b29-25+,30-26-,35-31-,38-34-/t45-,46-,47+/m1/s1. The number of aliphatic hydroxyl groups excluding tert-OH is 1. The second-order valence-corrected chi connectivity index (χ2v) is 18.3. The molecule has 0 amide bonds. The van der Waals surface area contributed by atoms with Crippen LogP contribution in [0.15, 0.2) is 48.6 Å². The highest BCUT2D eigenvalue weighted by atomic mass is 31.2. The maximum absolute atomic E-state index is 12.7. The van der Waals surface area contributed by atoms with E-state index in [1.165, 1.54) is 128 Å². The number of carbonyl (C=O) groups excluding carboxylic acids is 2. The third-order valence-corrected chi connectivity index (χ3v) is 11.6. The molecule has 0 fully saturated rings. The number of aliphatic carboxylic acids is 1. The summed E-state index contributed by atoms with van der Waals surface area (Å²) in [7, 11) is -4.75. The minimum atomic E-state index is -4.75. The van der Waals surface area contributed by atoms with Crippen molar-refractivity contribution in [2.24, 2.45) is 5.73 Å². The zero-order chi connectivity index (χ0) is 46.5. The average molecular weight is 912 g/mol. The minimum absolute atomic E-state index is 0.113. The van der Waals surface area contributed by atoms with Crippen molar-refractivity contribution in [1.29, 1.82) is 0 Å². The molecule has 12 nitrogen and oxygen atoms in total. The van der Waals surface area contributed by atoms with Gasteiger partial charge in [-0.15, -0.1) is 0 Å². The highest BCUT2D eigenvalue weighted by Gasteiger charge is 2.28. The molecule has 0 bridgehead atoms. The van der Waals surface area contributed by atoms with Gasteiger partial charge >= 0.3 is 25.7 Å². The highest BCUT2D eigenvalue weighted by Crippen LogP contribution is 2.43. The molecule has 0 aliphatic carbocycles. The Morgan fingerprint density at radius 3 is 1.60 bits per heavy atom. The van der Waals surface area contributed by atoms with Gasteiger partial charge < -0.3 is 30.3 Å². The molecule has 63 heavy (non-hydrogen) atoms. The number of hydrogen-bond acceptors (Lipinski definition) is 10. The van der Waals surface area contributed by atoms with Crippen LogP contribution in [0.4, 0.5) is 0 Å². The largest absolute Gasteiger partial charge is 0.480 e. The summed E-state index contributed by atoms with van der Waals surface area (Å²) in [6.45, 7) is 2.67. The Morgan fingerprint density at radius 1 is 0.571 bits per heavy atom. The lowest BCUT2D eigenvalue weighted by Gasteiger charge is -2.20. The van der Waals surface area contributed by atoms with E-state index in [-0.39, 0.29) is 12.8 Å². The van der Waals surface area contributed by atoms with Crippen molar-refractivity contribution in [2.75, 3.05) is 19.8 Å². The summed E-state index contributed by atoms with van der Waals surface area (Å²) in [4.78, 5) is 46.1. The summed E-state index contributed by atoms with van der Waals surface area (Å²) in [6.07, 6.45) is 47.8. The van der Waals surface area contributed by atoms with Crippen LogP contribution >= 0.6 is 7.82 Å². The minimum Gasteiger partial charge on any atom is -0.480 e. The van der Waals surface area contributed by atoms with E-state index in [0.717, 1.165) is 25.7 Å². The fraction of sp³-hybridized carbons (Fsp3) is 0.780. The molecule has 0 aromatic rings. The molecule has 4 atom stereocenters. The molecule has 0 aromatic heterocycles. The van der Waals surface area contributed by atoms with Gasteiger partial charge in [0.15, 0.2) is 6.10 Å². The number of carboxylic acids is 1. The van der Waals surface area contributed by atoms with Gasteiger partial charge in [0, 0.05) is 12.8 Å². The number of aliphatic hydroxyl groups is 1. The number of rotatable bonds is 46. The SMILES string of the molecule is CCCCC/C=C\C=C/[C@@H](O)C/C=C\C/C=C/CCCC(=O)OC[C@H](COP(=O)(O)OC[C@H](N)C(=O)O)OC(=O)CCCCCCCCCCCCCCCCCCCCCCC. The third kappa shape index (κ3) is 44.4. The first-order valence-electron chi connectivity index (χ1n) is 24.8. The van der Waals surface area contributed by atoms with Crippen molar-refractivity contribution in [3.63, 3.8) is 0 Å². The third-order valence-electron chi connectivity index (χ3n) is 10.7. The number of phosphoric ester groups is 1. The Kier molecular flexibility index (Phi) is 42.8. The molecule has 0 saturated carbocycles. The van der Waals surface area contributed by atoms with E-state index in [4.69, 9.17) is 24.8 Å². The highest BCUT2D eigenvalue weighted by molar-refractivity contribution is 7.47. The summed E-state index contributed by atoms with van der Waals surface area (Å²) >= 11 is 0. The fourth-order valence-electron chi connectivity index (χ4n) is 6.73. The number of nitrogens with two attached hydrogens (primary N) is 1. The average Bonchev–Trinajstić information content (AvgIpc) is 3.26. The summed E-state index contributed by atoms with van der Waals surface area (Å²) < 4.78 is 32.7. The van der Waals surface area contributed by atoms with Crippen LogP contribution in [-0.4, -0.2) is 71.1 Å². The quantitative estimate of drug-likeness (QED) is 0.0149. The summed E-state index contributed by atoms with van der Waals surface area (Å²) in [6, 6.07) is -1.54. The van der Waals surface area contributed by atoms with Gasteiger partial charge in [-0.2, -0.15) is 0 Å². The van der Waals surface area contributed by atoms with E-state index in [2.05, 4.69) is 24.4 Å². The maximum Gasteiger partial charge on any atom is 0.472 e. The van der Waals surface area contributed by atoms with E-state index in [1.54, 1.807) is 6.08 Å². The lowest BCUT2D eigenvalue weighted by molar-refractivity contribution is -0.161. The molecule has 0 spiro atoms. The van der Waals surface area contributed by atoms with Crippen molar-refractivity contribution in [3.8, 4) is 0 Å². The van der Waals surface area contributed by atoms with Gasteiger partial charge in [-0.3, -0.25) is 23.4 Å². The van der Waals surface area contributed by atoms with Crippen LogP contribution in [0.5, 0.6) is 0 Å². The van der Waals surface area contributed by atoms with Crippen molar-refractivity contribution in [2.45, 2.75) is 231 Å². The normalized spacial score (nSPS) is 14.5. The lowest BCUT2D eigenvalue weighted by Crippen LogP contribution is -2.34. The predicted octanol–water partition coefficient (Wildman–Crippen LogP) is 12.7. The topological polar surface area (TPSA) is 192 Å². The van der Waals surface area contributed by atoms with Crippen LogP contribution in [0.25, 0.3) is 0 Å². The fourth-order valence-corrected chi connectivity index (χ4v) is 7.51. The smallest absolute Gasteiger partial charge is 0.472 e. The number of ether oxygens (including phenoxy) is 2. The van der Waals surface area contributed by atoms with E-state index < -0.39 is 63.8 Å². The number of phosphoric acid groups is 1. The van der Waals surface area contributed by atoms with Crippen LogP contribution < -0.4 is 5.73 Å². The van der Waals surface area contributed by atoms with Crippen LogP contribution in [0.1, 0.15) is 213 Å². The number of carbonyl (C=O) groups is 3. The molecule has 0 aliphatic rings. The van der Waals surface area contributed by atoms with Gasteiger partial charge in [-0.1, -0.05) is 204 Å². The van der Waals surface area contributed by atoms with Crippen molar-refractivity contribution >= 4 is 25.7 Å². The second-order valence-electron chi connectivity index (χ2n) is 16.8. The molecule has 1 unspecified atom stereocenters. The maximum atomic E-state index is 12.7. The Morgan fingerprint density at radius 2 is 1.05 bits per heavy atom. The van der Waals surface area contributed by atoms with Gasteiger partial charge in [0.25, 0.3) is 0 Å². The summed E-state index contributed by atoms with van der Waals surface area (Å²) in [5, 5.41) is 19.0. The van der Waals surface area contributed by atoms with E-state index in [1.807, 2.05) is 36.5 Å². The van der Waals surface area contributed by atoms with Crippen molar-refractivity contribution < 1.29 is 52.6 Å². The molecule has 5 N–H and O–H groups in total. The molecule has 0 rings (SSSR count). The summed E-state index contributed by atoms with van der Waals surface area (Å²) in [5.74, 6) is -2.49. The molecule has 0 radical (unpaired) electrons. The Balaban J connectivity index is 4.37. The van der Waals surface area contributed by atoms with E-state index >= 15 is 0 Å². The Labute approximate surface area is 382 Å². The Hall–Kier alpha value is -2.60. The molecule has 0 aromatic carbocycles. The Bertz CT molecular complexity index is 1270. The van der Waals surface area contributed by atoms with Gasteiger partial charge in [-0.05, 0) is 44.9 Å². The first kappa shape index (κ1) is 60.4. The zero-order valence-corrected chi connectivity index (χ0v) is 40.4. The second kappa shape index (κ2) is 44.6. The number of carboxylic acid groups (broad SMARTS) is 1. The molecule has 0 saturated heterocycles. The van der Waals surface area contributed by atoms with Crippen molar-refractivity contribution in [3.05, 3.63) is 48.6 Å². The molecular weight excluding hydrogens is 822 g/mol. The first-order chi connectivity index (χ1) is 30.5.